The second-order valence-corrected chi connectivity index (χ2v) is 3.62. The van der Waals surface area contributed by atoms with E-state index in [2.05, 4.69) is 4.74 Å². The van der Waals surface area contributed by atoms with Gasteiger partial charge in [0.15, 0.2) is 0 Å². The number of carbonyl (C=O) groups excluding carboxylic acids is 1. The minimum Gasteiger partial charge on any atom is -0.469 e. The number of aliphatic hydroxyl groups excluding tert-OH is 1. The van der Waals surface area contributed by atoms with Gasteiger partial charge in [0.1, 0.15) is 0 Å². The van der Waals surface area contributed by atoms with Gasteiger partial charge in [-0.2, -0.15) is 0 Å². The molecule has 0 heterocycles. The highest BCUT2D eigenvalue weighted by Gasteiger charge is 2.38. The lowest BCUT2D eigenvalue weighted by Gasteiger charge is -2.35. The summed E-state index contributed by atoms with van der Waals surface area (Å²) in [5.74, 6) is -0.544. The van der Waals surface area contributed by atoms with E-state index in [-0.39, 0.29) is 18.0 Å². The summed E-state index contributed by atoms with van der Waals surface area (Å²) in [7, 11) is 2.85. The summed E-state index contributed by atoms with van der Waals surface area (Å²) in [6.07, 6.45) is -0.144. The van der Waals surface area contributed by atoms with Crippen molar-refractivity contribution in [1.29, 1.82) is 0 Å². The Labute approximate surface area is 83.2 Å². The highest BCUT2D eigenvalue weighted by Crippen LogP contribution is 2.26. The first-order chi connectivity index (χ1) is 6.60. The van der Waals surface area contributed by atoms with Gasteiger partial charge in [0.05, 0.1) is 25.2 Å². The topological polar surface area (TPSA) is 81.8 Å². The van der Waals surface area contributed by atoms with E-state index in [1.165, 1.54) is 14.2 Å². The summed E-state index contributed by atoms with van der Waals surface area (Å²) in [6.45, 7) is 0. The number of methoxy groups -OCH3 is 2. The van der Waals surface area contributed by atoms with Crippen molar-refractivity contribution in [3.63, 3.8) is 0 Å². The van der Waals surface area contributed by atoms with E-state index in [1.807, 2.05) is 0 Å². The number of nitrogens with two attached hydrogens (primary N) is 1. The molecule has 0 aromatic heterocycles. The molecule has 0 saturated heterocycles. The summed E-state index contributed by atoms with van der Waals surface area (Å²) in [6, 6.07) is -0.419. The van der Waals surface area contributed by atoms with Gasteiger partial charge in [0, 0.05) is 13.2 Å². The molecule has 5 nitrogen and oxygen atoms in total. The van der Waals surface area contributed by atoms with Gasteiger partial charge in [0.2, 0.25) is 0 Å². The summed E-state index contributed by atoms with van der Waals surface area (Å²) in [4.78, 5) is 11.3. The highest BCUT2D eigenvalue weighted by molar-refractivity contribution is 5.72. The maximum Gasteiger partial charge on any atom is 0.308 e. The third kappa shape index (κ3) is 2.23. The standard InChI is InChI=1S/C9H17NO4/c1-13-7-4-5(9(12)14-2)3-6(10)8(7)11/h5-8,11H,3-4,10H2,1-2H3. The zero-order valence-electron chi connectivity index (χ0n) is 8.47. The number of rotatable bonds is 2. The average molecular weight is 203 g/mol. The van der Waals surface area contributed by atoms with Gasteiger partial charge in [-0.1, -0.05) is 0 Å². The summed E-state index contributed by atoms with van der Waals surface area (Å²) < 4.78 is 9.70. The van der Waals surface area contributed by atoms with Crippen LogP contribution in [0.2, 0.25) is 0 Å². The van der Waals surface area contributed by atoms with Crippen LogP contribution in [-0.4, -0.2) is 43.5 Å². The number of esters is 1. The molecule has 1 aliphatic carbocycles. The number of ether oxygens (including phenoxy) is 2. The van der Waals surface area contributed by atoms with E-state index >= 15 is 0 Å². The number of hydrogen-bond acceptors (Lipinski definition) is 5. The van der Waals surface area contributed by atoms with Crippen LogP contribution >= 0.6 is 0 Å². The maximum atomic E-state index is 11.3. The van der Waals surface area contributed by atoms with Crippen molar-refractivity contribution >= 4 is 5.97 Å². The third-order valence-corrected chi connectivity index (χ3v) is 2.73. The maximum absolute atomic E-state index is 11.3. The average Bonchev–Trinajstić information content (AvgIpc) is 2.20. The molecule has 1 rings (SSSR count). The fourth-order valence-corrected chi connectivity index (χ4v) is 1.85. The molecular formula is C9H17NO4. The first-order valence-corrected chi connectivity index (χ1v) is 4.64. The Morgan fingerprint density at radius 1 is 1.43 bits per heavy atom. The van der Waals surface area contributed by atoms with Crippen molar-refractivity contribution in [3.8, 4) is 0 Å². The molecular weight excluding hydrogens is 186 g/mol. The van der Waals surface area contributed by atoms with Crippen LogP contribution < -0.4 is 5.73 Å². The fourth-order valence-electron chi connectivity index (χ4n) is 1.85. The molecule has 3 N–H and O–H groups in total. The Morgan fingerprint density at radius 2 is 2.07 bits per heavy atom. The molecule has 0 aromatic rings. The first kappa shape index (κ1) is 11.4. The van der Waals surface area contributed by atoms with Gasteiger partial charge in [0.25, 0.3) is 0 Å². The van der Waals surface area contributed by atoms with E-state index in [0.29, 0.717) is 12.8 Å². The highest BCUT2D eigenvalue weighted by atomic mass is 16.5. The molecule has 0 aromatic carbocycles. The van der Waals surface area contributed by atoms with Crippen LogP contribution in [-0.2, 0) is 14.3 Å². The molecule has 5 heteroatoms. The Hall–Kier alpha value is -0.650. The Bertz CT molecular complexity index is 209. The van der Waals surface area contributed by atoms with Crippen LogP contribution in [0.4, 0.5) is 0 Å². The number of carbonyl (C=O) groups is 1. The second kappa shape index (κ2) is 4.72. The van der Waals surface area contributed by atoms with Crippen LogP contribution in [0.3, 0.4) is 0 Å². The lowest BCUT2D eigenvalue weighted by Crippen LogP contribution is -2.51. The Morgan fingerprint density at radius 3 is 2.57 bits per heavy atom. The van der Waals surface area contributed by atoms with Crippen molar-refractivity contribution < 1.29 is 19.4 Å². The van der Waals surface area contributed by atoms with Gasteiger partial charge >= 0.3 is 5.97 Å². The van der Waals surface area contributed by atoms with Crippen LogP contribution in [0.1, 0.15) is 12.8 Å². The van der Waals surface area contributed by atoms with Crippen molar-refractivity contribution in [2.75, 3.05) is 14.2 Å². The molecule has 1 fully saturated rings. The molecule has 1 saturated carbocycles. The normalized spacial score (nSPS) is 38.0. The summed E-state index contributed by atoms with van der Waals surface area (Å²) in [5, 5.41) is 9.61. The van der Waals surface area contributed by atoms with E-state index in [1.54, 1.807) is 0 Å². The third-order valence-electron chi connectivity index (χ3n) is 2.73. The Kier molecular flexibility index (Phi) is 3.86. The molecule has 82 valence electrons. The number of aliphatic hydroxyl groups is 1. The molecule has 14 heavy (non-hydrogen) atoms. The monoisotopic (exact) mass is 203 g/mol. The first-order valence-electron chi connectivity index (χ1n) is 4.64. The smallest absolute Gasteiger partial charge is 0.308 e. The minimum absolute atomic E-state index is 0.261. The van der Waals surface area contributed by atoms with E-state index in [0.717, 1.165) is 0 Å². The second-order valence-electron chi connectivity index (χ2n) is 3.62. The van der Waals surface area contributed by atoms with Crippen LogP contribution in [0, 0.1) is 5.92 Å². The number of hydrogen-bond donors (Lipinski definition) is 2. The van der Waals surface area contributed by atoms with E-state index in [4.69, 9.17) is 10.5 Å². The van der Waals surface area contributed by atoms with Crippen LogP contribution in [0.5, 0.6) is 0 Å². The lowest BCUT2D eigenvalue weighted by molar-refractivity contribution is -0.151. The minimum atomic E-state index is -0.694. The predicted octanol–water partition coefficient (Wildman–Crippen LogP) is -0.727. The predicted molar refractivity (Wildman–Crippen MR) is 49.5 cm³/mol. The largest absolute Gasteiger partial charge is 0.469 e. The van der Waals surface area contributed by atoms with Gasteiger partial charge in [-0.05, 0) is 12.8 Å². The SMILES string of the molecule is COC(=O)C1CC(N)C(O)C(OC)C1. The van der Waals surface area contributed by atoms with E-state index in [9.17, 15) is 9.90 Å². The van der Waals surface area contributed by atoms with Gasteiger partial charge < -0.3 is 20.3 Å². The molecule has 1 aliphatic rings. The molecule has 0 bridgehead atoms. The summed E-state index contributed by atoms with van der Waals surface area (Å²) in [5.41, 5.74) is 5.69. The lowest BCUT2D eigenvalue weighted by atomic mass is 9.82. The summed E-state index contributed by atoms with van der Waals surface area (Å²) >= 11 is 0. The Balaban J connectivity index is 2.62. The van der Waals surface area contributed by atoms with Crippen LogP contribution in [0.15, 0.2) is 0 Å². The van der Waals surface area contributed by atoms with Gasteiger partial charge in [-0.3, -0.25) is 4.79 Å². The fraction of sp³-hybridized carbons (Fsp3) is 0.889. The molecule has 4 unspecified atom stereocenters. The molecule has 0 amide bonds. The zero-order valence-corrected chi connectivity index (χ0v) is 8.47. The molecule has 0 radical (unpaired) electrons. The van der Waals surface area contributed by atoms with Crippen LogP contribution in [0.25, 0.3) is 0 Å². The van der Waals surface area contributed by atoms with Gasteiger partial charge in [-0.25, -0.2) is 0 Å². The van der Waals surface area contributed by atoms with E-state index < -0.39 is 12.1 Å². The molecule has 4 atom stereocenters. The van der Waals surface area contributed by atoms with Gasteiger partial charge in [-0.15, -0.1) is 0 Å². The molecule has 0 aliphatic heterocycles. The quantitative estimate of drug-likeness (QED) is 0.578. The van der Waals surface area contributed by atoms with Crippen molar-refractivity contribution in [3.05, 3.63) is 0 Å². The van der Waals surface area contributed by atoms with Crippen molar-refractivity contribution in [2.45, 2.75) is 31.1 Å². The zero-order chi connectivity index (χ0) is 10.7. The molecule has 0 spiro atoms. The van der Waals surface area contributed by atoms with Crippen molar-refractivity contribution in [2.24, 2.45) is 11.7 Å². The van der Waals surface area contributed by atoms with Crippen molar-refractivity contribution in [1.82, 2.24) is 0 Å².